The first kappa shape index (κ1) is 17.6. The number of rotatable bonds is 10. The third-order valence-corrected chi connectivity index (χ3v) is 2.92. The number of ketones is 1. The van der Waals surface area contributed by atoms with Crippen molar-refractivity contribution in [3.63, 3.8) is 0 Å². The number of nitrogens with one attached hydrogen (secondary N) is 1. The first-order valence-electron chi connectivity index (χ1n) is 6.52. The predicted octanol–water partition coefficient (Wildman–Crippen LogP) is 0.868. The quantitative estimate of drug-likeness (QED) is 0.405. The SMILES string of the molecule is CCCCCC(=O)CC(=O)N[C@](C)(CCO)C(=O)O. The average Bonchev–Trinajstić information content (AvgIpc) is 2.28. The Morgan fingerprint density at radius 3 is 2.32 bits per heavy atom. The largest absolute Gasteiger partial charge is 0.480 e. The van der Waals surface area contributed by atoms with Crippen LogP contribution in [-0.4, -0.2) is 40.0 Å². The van der Waals surface area contributed by atoms with Gasteiger partial charge in [0.05, 0.1) is 6.42 Å². The lowest BCUT2D eigenvalue weighted by Crippen LogP contribution is -2.53. The van der Waals surface area contributed by atoms with Crippen LogP contribution in [0.15, 0.2) is 0 Å². The first-order chi connectivity index (χ1) is 8.85. The summed E-state index contributed by atoms with van der Waals surface area (Å²) in [6.45, 7) is 2.98. The monoisotopic (exact) mass is 273 g/mol. The Hall–Kier alpha value is -1.43. The van der Waals surface area contributed by atoms with Gasteiger partial charge in [-0.15, -0.1) is 0 Å². The molecule has 0 aliphatic carbocycles. The van der Waals surface area contributed by atoms with Crippen LogP contribution in [0.3, 0.4) is 0 Å². The second-order valence-corrected chi connectivity index (χ2v) is 4.83. The fourth-order valence-electron chi connectivity index (χ4n) is 1.64. The third kappa shape index (κ3) is 6.91. The number of carbonyl (C=O) groups is 3. The van der Waals surface area contributed by atoms with E-state index in [0.717, 1.165) is 19.3 Å². The van der Waals surface area contributed by atoms with E-state index in [2.05, 4.69) is 5.32 Å². The Morgan fingerprint density at radius 2 is 1.84 bits per heavy atom. The molecule has 0 spiro atoms. The van der Waals surface area contributed by atoms with E-state index in [1.54, 1.807) is 0 Å². The number of carbonyl (C=O) groups excluding carboxylic acids is 2. The number of aliphatic hydroxyl groups excluding tert-OH is 1. The molecule has 0 bridgehead atoms. The Balaban J connectivity index is 4.27. The van der Waals surface area contributed by atoms with Crippen LogP contribution in [0.1, 0.15) is 52.4 Å². The molecule has 6 heteroatoms. The molecule has 3 N–H and O–H groups in total. The molecule has 0 saturated heterocycles. The first-order valence-corrected chi connectivity index (χ1v) is 6.52. The number of carboxylic acid groups (broad SMARTS) is 1. The van der Waals surface area contributed by atoms with Gasteiger partial charge in [0.25, 0.3) is 0 Å². The predicted molar refractivity (Wildman–Crippen MR) is 69.7 cm³/mol. The molecule has 110 valence electrons. The molecule has 0 aliphatic rings. The van der Waals surface area contributed by atoms with Gasteiger partial charge in [-0.3, -0.25) is 9.59 Å². The lowest BCUT2D eigenvalue weighted by atomic mass is 9.98. The lowest BCUT2D eigenvalue weighted by Gasteiger charge is -2.25. The molecule has 0 radical (unpaired) electrons. The number of aliphatic hydroxyl groups is 1. The van der Waals surface area contributed by atoms with E-state index in [0.29, 0.717) is 6.42 Å². The minimum atomic E-state index is -1.53. The van der Waals surface area contributed by atoms with Crippen LogP contribution in [0, 0.1) is 0 Å². The molecule has 1 amide bonds. The third-order valence-electron chi connectivity index (χ3n) is 2.92. The Kier molecular flexibility index (Phi) is 7.98. The van der Waals surface area contributed by atoms with Crippen molar-refractivity contribution in [2.75, 3.05) is 6.61 Å². The standard InChI is InChI=1S/C13H23NO5/c1-3-4-5-6-10(16)9-11(17)14-13(2,7-8-15)12(18)19/h15H,3-9H2,1-2H3,(H,14,17)(H,18,19)/t13-/m1/s1. The summed E-state index contributed by atoms with van der Waals surface area (Å²) in [4.78, 5) is 34.1. The number of hydrogen-bond donors (Lipinski definition) is 3. The second-order valence-electron chi connectivity index (χ2n) is 4.83. The van der Waals surface area contributed by atoms with Crippen LogP contribution in [0.2, 0.25) is 0 Å². The van der Waals surface area contributed by atoms with E-state index < -0.39 is 17.4 Å². The van der Waals surface area contributed by atoms with Crippen molar-refractivity contribution in [2.24, 2.45) is 0 Å². The van der Waals surface area contributed by atoms with E-state index in [9.17, 15) is 14.4 Å². The lowest BCUT2D eigenvalue weighted by molar-refractivity contribution is -0.148. The van der Waals surface area contributed by atoms with Gasteiger partial charge in [-0.25, -0.2) is 4.79 Å². The van der Waals surface area contributed by atoms with Crippen molar-refractivity contribution in [1.29, 1.82) is 0 Å². The maximum Gasteiger partial charge on any atom is 0.329 e. The number of aliphatic carboxylic acids is 1. The molecule has 0 rings (SSSR count). The van der Waals surface area contributed by atoms with Crippen molar-refractivity contribution in [2.45, 2.75) is 57.9 Å². The maximum atomic E-state index is 11.6. The molecule has 6 nitrogen and oxygen atoms in total. The molecule has 0 saturated carbocycles. The van der Waals surface area contributed by atoms with Crippen LogP contribution in [-0.2, 0) is 14.4 Å². The topological polar surface area (TPSA) is 104 Å². The Labute approximate surface area is 113 Å². The molecule has 0 unspecified atom stereocenters. The molecule has 0 heterocycles. The minimum Gasteiger partial charge on any atom is -0.480 e. The van der Waals surface area contributed by atoms with Gasteiger partial charge in [-0.2, -0.15) is 0 Å². The normalized spacial score (nSPS) is 13.6. The van der Waals surface area contributed by atoms with Crippen molar-refractivity contribution in [3.8, 4) is 0 Å². The zero-order valence-electron chi connectivity index (χ0n) is 11.6. The summed E-state index contributed by atoms with van der Waals surface area (Å²) in [7, 11) is 0. The van der Waals surface area contributed by atoms with E-state index >= 15 is 0 Å². The van der Waals surface area contributed by atoms with Crippen LogP contribution in [0.5, 0.6) is 0 Å². The molecular weight excluding hydrogens is 250 g/mol. The number of unbranched alkanes of at least 4 members (excludes halogenated alkanes) is 2. The highest BCUT2D eigenvalue weighted by atomic mass is 16.4. The van der Waals surface area contributed by atoms with Gasteiger partial charge >= 0.3 is 5.97 Å². The van der Waals surface area contributed by atoms with Gasteiger partial charge in [0.2, 0.25) is 5.91 Å². The van der Waals surface area contributed by atoms with Gasteiger partial charge in [0.15, 0.2) is 0 Å². The Morgan fingerprint density at radius 1 is 1.21 bits per heavy atom. The van der Waals surface area contributed by atoms with E-state index in [1.165, 1.54) is 6.92 Å². The summed E-state index contributed by atoms with van der Waals surface area (Å²) in [5.41, 5.74) is -1.53. The van der Waals surface area contributed by atoms with Crippen molar-refractivity contribution in [1.82, 2.24) is 5.32 Å². The number of hydrogen-bond acceptors (Lipinski definition) is 4. The molecule has 0 fully saturated rings. The van der Waals surface area contributed by atoms with Crippen LogP contribution in [0.4, 0.5) is 0 Å². The van der Waals surface area contributed by atoms with Crippen molar-refractivity contribution in [3.05, 3.63) is 0 Å². The van der Waals surface area contributed by atoms with Crippen LogP contribution in [0.25, 0.3) is 0 Å². The molecule has 0 aromatic carbocycles. The van der Waals surface area contributed by atoms with Crippen molar-refractivity contribution < 1.29 is 24.6 Å². The molecule has 0 aromatic rings. The van der Waals surface area contributed by atoms with E-state index in [1.807, 2.05) is 6.92 Å². The molecule has 1 atom stereocenters. The maximum absolute atomic E-state index is 11.6. The summed E-state index contributed by atoms with van der Waals surface area (Å²) in [6, 6.07) is 0. The number of amides is 1. The summed E-state index contributed by atoms with van der Waals surface area (Å²) in [5.74, 6) is -2.03. The van der Waals surface area contributed by atoms with Crippen LogP contribution < -0.4 is 5.32 Å². The van der Waals surface area contributed by atoms with Crippen LogP contribution >= 0.6 is 0 Å². The molecule has 0 aliphatic heterocycles. The highest BCUT2D eigenvalue weighted by Gasteiger charge is 2.34. The van der Waals surface area contributed by atoms with Gasteiger partial charge in [0.1, 0.15) is 11.3 Å². The van der Waals surface area contributed by atoms with Gasteiger partial charge in [-0.05, 0) is 13.3 Å². The number of carboxylic acids is 1. The van der Waals surface area contributed by atoms with Gasteiger partial charge in [-0.1, -0.05) is 19.8 Å². The summed E-state index contributed by atoms with van der Waals surface area (Å²) >= 11 is 0. The van der Waals surface area contributed by atoms with Gasteiger partial charge in [0, 0.05) is 19.4 Å². The smallest absolute Gasteiger partial charge is 0.329 e. The minimum absolute atomic E-state index is 0.0991. The zero-order valence-corrected chi connectivity index (χ0v) is 11.6. The molecule has 19 heavy (non-hydrogen) atoms. The molecule has 0 aromatic heterocycles. The zero-order chi connectivity index (χ0) is 14.9. The second kappa shape index (κ2) is 8.63. The fraction of sp³-hybridized carbons (Fsp3) is 0.769. The summed E-state index contributed by atoms with van der Waals surface area (Å²) in [5, 5.41) is 20.1. The van der Waals surface area contributed by atoms with E-state index in [-0.39, 0.29) is 25.2 Å². The highest BCUT2D eigenvalue weighted by Crippen LogP contribution is 2.10. The fourth-order valence-corrected chi connectivity index (χ4v) is 1.64. The summed E-state index contributed by atoms with van der Waals surface area (Å²) < 4.78 is 0. The summed E-state index contributed by atoms with van der Waals surface area (Å²) in [6.07, 6.45) is 2.61. The van der Waals surface area contributed by atoms with Gasteiger partial charge < -0.3 is 15.5 Å². The highest BCUT2D eigenvalue weighted by molar-refractivity contribution is 5.99. The Bertz CT molecular complexity index is 329. The average molecular weight is 273 g/mol. The van der Waals surface area contributed by atoms with Crippen molar-refractivity contribution >= 4 is 17.7 Å². The number of Topliss-reactive ketones (excluding diaryl/α,β-unsaturated/α-hetero) is 1. The molecular formula is C13H23NO5. The van der Waals surface area contributed by atoms with E-state index in [4.69, 9.17) is 10.2 Å².